The van der Waals surface area contributed by atoms with Gasteiger partial charge in [-0.05, 0) is 47.7 Å². The standard InChI is InChI=1S/C33H34N2O3/c1-33(32(36)34-19-20-35(33)23-26-11-5-2-6-12-26)22-29-17-18-30(37-24-27-13-7-3-8-14-27)31(21-29)38-25-28-15-9-4-10-16-28/h2-18,21H,19-20,22-25H2,1H3,(H,34,36). The van der Waals surface area contributed by atoms with Gasteiger partial charge in [0.25, 0.3) is 0 Å². The van der Waals surface area contributed by atoms with Gasteiger partial charge < -0.3 is 14.8 Å². The molecule has 1 unspecified atom stereocenters. The third kappa shape index (κ3) is 6.24. The largest absolute Gasteiger partial charge is 0.485 e. The topological polar surface area (TPSA) is 50.8 Å². The highest BCUT2D eigenvalue weighted by Crippen LogP contribution is 2.33. The normalized spacial score (nSPS) is 17.6. The fourth-order valence-electron chi connectivity index (χ4n) is 4.90. The van der Waals surface area contributed by atoms with E-state index >= 15 is 0 Å². The van der Waals surface area contributed by atoms with Gasteiger partial charge in [0.05, 0.1) is 0 Å². The van der Waals surface area contributed by atoms with Crippen molar-refractivity contribution < 1.29 is 14.3 Å². The zero-order valence-corrected chi connectivity index (χ0v) is 21.8. The molecular formula is C33H34N2O3. The van der Waals surface area contributed by atoms with Crippen LogP contribution in [0.5, 0.6) is 11.5 Å². The van der Waals surface area contributed by atoms with E-state index in [-0.39, 0.29) is 5.91 Å². The molecule has 1 saturated heterocycles. The van der Waals surface area contributed by atoms with Crippen LogP contribution in [0.4, 0.5) is 0 Å². The maximum atomic E-state index is 13.2. The lowest BCUT2D eigenvalue weighted by Crippen LogP contribution is -2.63. The van der Waals surface area contributed by atoms with Gasteiger partial charge in [-0.25, -0.2) is 0 Å². The summed E-state index contributed by atoms with van der Waals surface area (Å²) in [5.74, 6) is 1.42. The van der Waals surface area contributed by atoms with E-state index in [1.54, 1.807) is 0 Å². The number of rotatable bonds is 10. The van der Waals surface area contributed by atoms with Crippen molar-refractivity contribution in [2.45, 2.75) is 38.6 Å². The Morgan fingerprint density at radius 2 is 1.26 bits per heavy atom. The van der Waals surface area contributed by atoms with E-state index in [0.29, 0.717) is 37.7 Å². The summed E-state index contributed by atoms with van der Waals surface area (Å²) in [7, 11) is 0. The number of ether oxygens (including phenoxy) is 2. The van der Waals surface area contributed by atoms with Gasteiger partial charge in [0.15, 0.2) is 11.5 Å². The summed E-state index contributed by atoms with van der Waals surface area (Å²) in [5.41, 5.74) is 3.72. The van der Waals surface area contributed by atoms with Crippen molar-refractivity contribution in [2.24, 2.45) is 0 Å². The first-order valence-corrected chi connectivity index (χ1v) is 13.1. The molecule has 4 aromatic carbocycles. The zero-order valence-electron chi connectivity index (χ0n) is 21.8. The van der Waals surface area contributed by atoms with Crippen molar-refractivity contribution in [1.29, 1.82) is 0 Å². The predicted molar refractivity (Wildman–Crippen MR) is 150 cm³/mol. The minimum absolute atomic E-state index is 0.0517. The Balaban J connectivity index is 1.38. The van der Waals surface area contributed by atoms with E-state index in [1.165, 1.54) is 5.56 Å². The van der Waals surface area contributed by atoms with Crippen LogP contribution in [0.15, 0.2) is 109 Å². The summed E-state index contributed by atoms with van der Waals surface area (Å²) in [5, 5.41) is 3.08. The summed E-state index contributed by atoms with van der Waals surface area (Å²) in [6, 6.07) is 36.6. The van der Waals surface area contributed by atoms with Crippen LogP contribution in [-0.4, -0.2) is 29.4 Å². The van der Waals surface area contributed by atoms with Crippen LogP contribution in [0, 0.1) is 0 Å². The average molecular weight is 507 g/mol. The molecule has 0 spiro atoms. The third-order valence-electron chi connectivity index (χ3n) is 7.10. The molecule has 0 radical (unpaired) electrons. The van der Waals surface area contributed by atoms with Crippen LogP contribution >= 0.6 is 0 Å². The molecule has 1 heterocycles. The number of hydrogen-bond acceptors (Lipinski definition) is 4. The van der Waals surface area contributed by atoms with Gasteiger partial charge in [-0.3, -0.25) is 9.69 Å². The number of hydrogen-bond donors (Lipinski definition) is 1. The number of amides is 1. The Hall–Kier alpha value is -4.09. The van der Waals surface area contributed by atoms with Crippen LogP contribution in [0.3, 0.4) is 0 Å². The number of piperazine rings is 1. The molecule has 0 saturated carbocycles. The SMILES string of the molecule is CC1(Cc2ccc(OCc3ccccc3)c(OCc3ccccc3)c2)C(=O)NCCN1Cc1ccccc1. The quantitative estimate of drug-likeness (QED) is 0.296. The second-order valence-electron chi connectivity index (χ2n) is 9.94. The first kappa shape index (κ1) is 25.6. The molecule has 1 fully saturated rings. The second kappa shape index (κ2) is 12.0. The van der Waals surface area contributed by atoms with Crippen molar-refractivity contribution >= 4 is 5.91 Å². The fraction of sp³-hybridized carbons (Fsp3) is 0.242. The smallest absolute Gasteiger partial charge is 0.240 e. The molecular weight excluding hydrogens is 472 g/mol. The summed E-state index contributed by atoms with van der Waals surface area (Å²) in [6.45, 7) is 5.09. The lowest BCUT2D eigenvalue weighted by molar-refractivity contribution is -0.136. The van der Waals surface area contributed by atoms with Gasteiger partial charge in [0, 0.05) is 19.6 Å². The third-order valence-corrected chi connectivity index (χ3v) is 7.10. The minimum atomic E-state index is -0.683. The summed E-state index contributed by atoms with van der Waals surface area (Å²) >= 11 is 0. The van der Waals surface area contributed by atoms with E-state index in [9.17, 15) is 4.79 Å². The molecule has 5 rings (SSSR count). The number of nitrogens with one attached hydrogen (secondary N) is 1. The van der Waals surface area contributed by atoms with Gasteiger partial charge in [0.2, 0.25) is 5.91 Å². The molecule has 5 nitrogen and oxygen atoms in total. The Labute approximate surface area is 225 Å². The van der Waals surface area contributed by atoms with Crippen molar-refractivity contribution in [3.8, 4) is 11.5 Å². The summed E-state index contributed by atoms with van der Waals surface area (Å²) in [6.07, 6.45) is 0.562. The van der Waals surface area contributed by atoms with Gasteiger partial charge in [-0.1, -0.05) is 97.1 Å². The summed E-state index contributed by atoms with van der Waals surface area (Å²) in [4.78, 5) is 15.5. The number of benzene rings is 4. The van der Waals surface area contributed by atoms with E-state index in [2.05, 4.69) is 22.3 Å². The fourth-order valence-corrected chi connectivity index (χ4v) is 4.90. The highest BCUT2D eigenvalue weighted by Gasteiger charge is 2.42. The van der Waals surface area contributed by atoms with Crippen molar-refractivity contribution in [3.63, 3.8) is 0 Å². The highest BCUT2D eigenvalue weighted by atomic mass is 16.5. The molecule has 1 aliphatic heterocycles. The first-order chi connectivity index (χ1) is 18.6. The van der Waals surface area contributed by atoms with E-state index in [0.717, 1.165) is 29.8 Å². The first-order valence-electron chi connectivity index (χ1n) is 13.1. The van der Waals surface area contributed by atoms with Crippen molar-refractivity contribution in [3.05, 3.63) is 131 Å². The molecule has 5 heteroatoms. The molecule has 1 atom stereocenters. The van der Waals surface area contributed by atoms with Gasteiger partial charge in [-0.15, -0.1) is 0 Å². The number of carbonyl (C=O) groups is 1. The van der Waals surface area contributed by atoms with Crippen LogP contribution < -0.4 is 14.8 Å². The van der Waals surface area contributed by atoms with Crippen molar-refractivity contribution in [2.75, 3.05) is 13.1 Å². The Bertz CT molecular complexity index is 1330. The second-order valence-corrected chi connectivity index (χ2v) is 9.94. The molecule has 0 aromatic heterocycles. The Morgan fingerprint density at radius 3 is 1.87 bits per heavy atom. The van der Waals surface area contributed by atoms with Crippen LogP contribution in [0.25, 0.3) is 0 Å². The van der Waals surface area contributed by atoms with E-state index < -0.39 is 5.54 Å². The highest BCUT2D eigenvalue weighted by molar-refractivity contribution is 5.87. The van der Waals surface area contributed by atoms with E-state index in [1.807, 2.05) is 104 Å². The minimum Gasteiger partial charge on any atom is -0.485 e. The molecule has 4 aromatic rings. The number of nitrogens with zero attached hydrogens (tertiary/aromatic N) is 1. The molecule has 38 heavy (non-hydrogen) atoms. The van der Waals surface area contributed by atoms with Crippen LogP contribution in [-0.2, 0) is 31.0 Å². The molecule has 194 valence electrons. The number of carbonyl (C=O) groups excluding carboxylic acids is 1. The lowest BCUT2D eigenvalue weighted by Gasteiger charge is -2.44. The molecule has 1 aliphatic rings. The monoisotopic (exact) mass is 506 g/mol. The maximum absolute atomic E-state index is 13.2. The molecule has 0 aliphatic carbocycles. The summed E-state index contributed by atoms with van der Waals surface area (Å²) < 4.78 is 12.5. The van der Waals surface area contributed by atoms with Gasteiger partial charge in [0.1, 0.15) is 18.8 Å². The molecule has 1 N–H and O–H groups in total. The van der Waals surface area contributed by atoms with Gasteiger partial charge >= 0.3 is 0 Å². The van der Waals surface area contributed by atoms with Crippen molar-refractivity contribution in [1.82, 2.24) is 10.2 Å². The van der Waals surface area contributed by atoms with Crippen LogP contribution in [0.2, 0.25) is 0 Å². The zero-order chi connectivity index (χ0) is 26.2. The maximum Gasteiger partial charge on any atom is 0.240 e. The lowest BCUT2D eigenvalue weighted by atomic mass is 9.87. The van der Waals surface area contributed by atoms with E-state index in [4.69, 9.17) is 9.47 Å². The Morgan fingerprint density at radius 1 is 0.711 bits per heavy atom. The Kier molecular flexibility index (Phi) is 8.05. The van der Waals surface area contributed by atoms with Crippen LogP contribution in [0.1, 0.15) is 29.2 Å². The average Bonchev–Trinajstić information content (AvgIpc) is 2.96. The molecule has 1 amide bonds. The van der Waals surface area contributed by atoms with Gasteiger partial charge in [-0.2, -0.15) is 0 Å². The predicted octanol–water partition coefficient (Wildman–Crippen LogP) is 5.78. The molecule has 0 bridgehead atoms.